The molecule has 0 atom stereocenters. The molecule has 2 N–H and O–H groups in total. The minimum atomic E-state index is -0.425. The summed E-state index contributed by atoms with van der Waals surface area (Å²) in [5, 5.41) is 7.33. The molecule has 0 aliphatic rings. The summed E-state index contributed by atoms with van der Waals surface area (Å²) in [7, 11) is 3.00. The monoisotopic (exact) mass is 403 g/mol. The highest BCUT2D eigenvalue weighted by molar-refractivity contribution is 6.31. The van der Waals surface area contributed by atoms with Gasteiger partial charge in [0, 0.05) is 22.0 Å². The van der Waals surface area contributed by atoms with Crippen molar-refractivity contribution < 1.29 is 19.1 Å². The van der Waals surface area contributed by atoms with E-state index in [2.05, 4.69) is 15.8 Å². The summed E-state index contributed by atoms with van der Waals surface area (Å²) in [6, 6.07) is 10.1. The van der Waals surface area contributed by atoms with Crippen LogP contribution in [0.1, 0.15) is 29.3 Å². The quantitative estimate of drug-likeness (QED) is 0.543. The lowest BCUT2D eigenvalue weighted by atomic mass is 10.2. The molecule has 0 aliphatic heterocycles. The number of amides is 2. The van der Waals surface area contributed by atoms with Gasteiger partial charge in [-0.3, -0.25) is 9.59 Å². The predicted molar refractivity (Wildman–Crippen MR) is 110 cm³/mol. The van der Waals surface area contributed by atoms with Gasteiger partial charge in [-0.15, -0.1) is 0 Å². The third-order valence-corrected chi connectivity index (χ3v) is 4.36. The van der Waals surface area contributed by atoms with Crippen LogP contribution in [0.5, 0.6) is 11.5 Å². The molecule has 7 nitrogen and oxygen atoms in total. The number of ether oxygens (including phenoxy) is 2. The maximum Gasteiger partial charge on any atom is 0.271 e. The molecular weight excluding hydrogens is 382 g/mol. The van der Waals surface area contributed by atoms with Gasteiger partial charge in [0.2, 0.25) is 5.91 Å². The Morgan fingerprint density at radius 2 is 1.82 bits per heavy atom. The summed E-state index contributed by atoms with van der Waals surface area (Å²) < 4.78 is 10.3. The summed E-state index contributed by atoms with van der Waals surface area (Å²) >= 11 is 6.05. The van der Waals surface area contributed by atoms with Gasteiger partial charge in [-0.1, -0.05) is 17.7 Å². The summed E-state index contributed by atoms with van der Waals surface area (Å²) in [5.41, 5.74) is 4.66. The van der Waals surface area contributed by atoms with Crippen LogP contribution in [-0.4, -0.2) is 31.7 Å². The second kappa shape index (κ2) is 9.75. The smallest absolute Gasteiger partial charge is 0.271 e. The molecule has 0 heterocycles. The van der Waals surface area contributed by atoms with Crippen LogP contribution in [-0.2, 0) is 4.79 Å². The van der Waals surface area contributed by atoms with Gasteiger partial charge in [0.15, 0.2) is 11.5 Å². The normalized spacial score (nSPS) is 11.0. The SMILES string of the molecule is COc1ccc(C(=O)N/N=C(/C)CC(=O)Nc2cccc(Cl)c2C)cc1OC. The number of hydrazone groups is 1. The van der Waals surface area contributed by atoms with Crippen LogP contribution in [0.25, 0.3) is 0 Å². The van der Waals surface area contributed by atoms with Crippen LogP contribution in [0, 0.1) is 6.92 Å². The van der Waals surface area contributed by atoms with Crippen molar-refractivity contribution in [2.24, 2.45) is 5.10 Å². The number of rotatable bonds is 7. The van der Waals surface area contributed by atoms with Crippen LogP contribution in [0.15, 0.2) is 41.5 Å². The van der Waals surface area contributed by atoms with E-state index in [0.717, 1.165) is 5.56 Å². The van der Waals surface area contributed by atoms with Crippen molar-refractivity contribution in [3.05, 3.63) is 52.5 Å². The average Bonchev–Trinajstić information content (AvgIpc) is 2.69. The minimum absolute atomic E-state index is 0.0260. The largest absolute Gasteiger partial charge is 0.493 e. The zero-order valence-corrected chi connectivity index (χ0v) is 16.9. The first-order valence-electron chi connectivity index (χ1n) is 8.46. The summed E-state index contributed by atoms with van der Waals surface area (Å²) in [4.78, 5) is 24.4. The fourth-order valence-electron chi connectivity index (χ4n) is 2.40. The lowest BCUT2D eigenvalue weighted by Gasteiger charge is -2.10. The number of nitrogens with one attached hydrogen (secondary N) is 2. The topological polar surface area (TPSA) is 89.0 Å². The second-order valence-corrected chi connectivity index (χ2v) is 6.40. The number of hydrogen-bond acceptors (Lipinski definition) is 5. The van der Waals surface area contributed by atoms with Crippen LogP contribution < -0.4 is 20.2 Å². The molecule has 28 heavy (non-hydrogen) atoms. The Hall–Kier alpha value is -3.06. The van der Waals surface area contributed by atoms with Crippen LogP contribution in [0.4, 0.5) is 5.69 Å². The van der Waals surface area contributed by atoms with Gasteiger partial charge in [0.05, 0.1) is 20.6 Å². The number of carbonyl (C=O) groups is 2. The summed E-state index contributed by atoms with van der Waals surface area (Å²) in [6.45, 7) is 3.47. The highest BCUT2D eigenvalue weighted by Crippen LogP contribution is 2.27. The zero-order valence-electron chi connectivity index (χ0n) is 16.1. The number of methoxy groups -OCH3 is 2. The van der Waals surface area contributed by atoms with Gasteiger partial charge < -0.3 is 14.8 Å². The van der Waals surface area contributed by atoms with E-state index in [9.17, 15) is 9.59 Å². The van der Waals surface area contributed by atoms with Crippen molar-refractivity contribution in [2.75, 3.05) is 19.5 Å². The van der Waals surface area contributed by atoms with Gasteiger partial charge in [-0.25, -0.2) is 5.43 Å². The van der Waals surface area contributed by atoms with E-state index in [1.807, 2.05) is 6.92 Å². The Labute approximate surface area is 168 Å². The van der Waals surface area contributed by atoms with Gasteiger partial charge in [-0.2, -0.15) is 5.10 Å². The first-order chi connectivity index (χ1) is 13.3. The fourth-order valence-corrected chi connectivity index (χ4v) is 2.57. The van der Waals surface area contributed by atoms with Crippen molar-refractivity contribution in [3.8, 4) is 11.5 Å². The first kappa shape index (κ1) is 21.2. The fraction of sp³-hybridized carbons (Fsp3) is 0.250. The molecule has 0 fully saturated rings. The third kappa shape index (κ3) is 5.47. The van der Waals surface area contributed by atoms with Crippen molar-refractivity contribution in [1.29, 1.82) is 0 Å². The zero-order chi connectivity index (χ0) is 20.7. The van der Waals surface area contributed by atoms with Crippen LogP contribution in [0.2, 0.25) is 5.02 Å². The molecule has 148 valence electrons. The average molecular weight is 404 g/mol. The van der Waals surface area contributed by atoms with E-state index in [-0.39, 0.29) is 12.3 Å². The van der Waals surface area contributed by atoms with Crippen molar-refractivity contribution in [1.82, 2.24) is 5.43 Å². The molecule has 2 aromatic carbocycles. The van der Waals surface area contributed by atoms with E-state index in [0.29, 0.717) is 33.5 Å². The Morgan fingerprint density at radius 1 is 1.11 bits per heavy atom. The second-order valence-electron chi connectivity index (χ2n) is 6.00. The lowest BCUT2D eigenvalue weighted by Crippen LogP contribution is -2.21. The van der Waals surface area contributed by atoms with Crippen LogP contribution in [0.3, 0.4) is 0 Å². The van der Waals surface area contributed by atoms with Gasteiger partial charge in [-0.05, 0) is 49.7 Å². The maximum atomic E-state index is 12.2. The molecule has 0 saturated carbocycles. The molecule has 2 rings (SSSR count). The number of carbonyl (C=O) groups excluding carboxylic acids is 2. The van der Waals surface area contributed by atoms with E-state index in [1.165, 1.54) is 14.2 Å². The van der Waals surface area contributed by atoms with Gasteiger partial charge >= 0.3 is 0 Å². The maximum absolute atomic E-state index is 12.2. The van der Waals surface area contributed by atoms with Crippen molar-refractivity contribution in [2.45, 2.75) is 20.3 Å². The molecule has 0 saturated heterocycles. The standard InChI is InChI=1S/C20H22ClN3O4/c1-12(10-19(25)22-16-7-5-6-15(21)13(16)2)23-24-20(26)14-8-9-17(27-3)18(11-14)28-4/h5-9,11H,10H2,1-4H3,(H,22,25)(H,24,26)/b23-12-. The van der Waals surface area contributed by atoms with E-state index in [1.54, 1.807) is 43.3 Å². The predicted octanol–water partition coefficient (Wildman–Crippen LogP) is 3.80. The van der Waals surface area contributed by atoms with Gasteiger partial charge in [0.25, 0.3) is 5.91 Å². The highest BCUT2D eigenvalue weighted by Gasteiger charge is 2.11. The molecule has 0 bridgehead atoms. The van der Waals surface area contributed by atoms with Crippen LogP contribution >= 0.6 is 11.6 Å². The first-order valence-corrected chi connectivity index (χ1v) is 8.84. The molecule has 0 aromatic heterocycles. The molecule has 0 spiro atoms. The Kier molecular flexibility index (Phi) is 7.40. The molecule has 8 heteroatoms. The molecule has 0 radical (unpaired) electrons. The highest BCUT2D eigenvalue weighted by atomic mass is 35.5. The Balaban J connectivity index is 1.97. The molecule has 0 aliphatic carbocycles. The number of hydrogen-bond donors (Lipinski definition) is 2. The molecule has 0 unspecified atom stereocenters. The molecule has 2 amide bonds. The molecule has 2 aromatic rings. The molecular formula is C20H22ClN3O4. The number of nitrogens with zero attached hydrogens (tertiary/aromatic N) is 1. The van der Waals surface area contributed by atoms with E-state index >= 15 is 0 Å². The number of anilines is 1. The number of benzene rings is 2. The minimum Gasteiger partial charge on any atom is -0.493 e. The van der Waals surface area contributed by atoms with E-state index in [4.69, 9.17) is 21.1 Å². The third-order valence-electron chi connectivity index (χ3n) is 3.95. The summed E-state index contributed by atoms with van der Waals surface area (Å²) in [5.74, 6) is 0.275. The summed E-state index contributed by atoms with van der Waals surface area (Å²) in [6.07, 6.45) is 0.0260. The van der Waals surface area contributed by atoms with Gasteiger partial charge in [0.1, 0.15) is 0 Å². The number of halogens is 1. The lowest BCUT2D eigenvalue weighted by molar-refractivity contribution is -0.115. The van der Waals surface area contributed by atoms with Crippen molar-refractivity contribution in [3.63, 3.8) is 0 Å². The van der Waals surface area contributed by atoms with Crippen molar-refractivity contribution >= 4 is 34.8 Å². The Morgan fingerprint density at radius 3 is 2.50 bits per heavy atom. The van der Waals surface area contributed by atoms with E-state index < -0.39 is 5.91 Å². The Bertz CT molecular complexity index is 912.